The Hall–Kier alpha value is -2.11. The molecule has 20 heavy (non-hydrogen) atoms. The number of ether oxygens (including phenoxy) is 1. The van der Waals surface area contributed by atoms with E-state index in [1.165, 1.54) is 29.2 Å². The van der Waals surface area contributed by atoms with Crippen LogP contribution in [-0.2, 0) is 9.59 Å². The summed E-state index contributed by atoms with van der Waals surface area (Å²) < 4.78 is 18.0. The maximum absolute atomic E-state index is 12.7. The van der Waals surface area contributed by atoms with Gasteiger partial charge in [-0.05, 0) is 37.1 Å². The number of hydrogen-bond donors (Lipinski definition) is 1. The van der Waals surface area contributed by atoms with E-state index in [4.69, 9.17) is 9.84 Å². The van der Waals surface area contributed by atoms with Crippen molar-refractivity contribution in [1.29, 1.82) is 0 Å². The number of carboxylic acids is 1. The van der Waals surface area contributed by atoms with Crippen molar-refractivity contribution in [3.63, 3.8) is 0 Å². The largest absolute Gasteiger partial charge is 0.493 e. The van der Waals surface area contributed by atoms with Crippen LogP contribution in [0.2, 0.25) is 0 Å². The third-order valence-corrected chi connectivity index (χ3v) is 3.26. The number of amides is 1. The number of nitrogens with zero attached hydrogens (tertiary/aromatic N) is 1. The normalized spacial score (nSPS) is 18.1. The van der Waals surface area contributed by atoms with Gasteiger partial charge in [-0.1, -0.05) is 0 Å². The summed E-state index contributed by atoms with van der Waals surface area (Å²) in [6.07, 6.45) is 1.32. The lowest BCUT2D eigenvalue weighted by Gasteiger charge is -2.21. The molecule has 0 bridgehead atoms. The number of rotatable bonds is 5. The van der Waals surface area contributed by atoms with Gasteiger partial charge in [0.2, 0.25) is 5.91 Å². The molecule has 1 amide bonds. The molecule has 1 aliphatic heterocycles. The Balaban J connectivity index is 1.80. The quantitative estimate of drug-likeness (QED) is 0.891. The molecule has 0 radical (unpaired) electrons. The first kappa shape index (κ1) is 14.3. The van der Waals surface area contributed by atoms with Crippen LogP contribution in [0.25, 0.3) is 0 Å². The molecular formula is C14H16FNO4. The van der Waals surface area contributed by atoms with Crippen LogP contribution in [-0.4, -0.2) is 41.1 Å². The van der Waals surface area contributed by atoms with E-state index in [1.54, 1.807) is 0 Å². The van der Waals surface area contributed by atoms with Gasteiger partial charge in [0.1, 0.15) is 17.6 Å². The molecule has 1 aliphatic rings. The molecule has 1 heterocycles. The highest BCUT2D eigenvalue weighted by atomic mass is 19.1. The summed E-state index contributed by atoms with van der Waals surface area (Å²) in [6.45, 7) is 0.625. The second kappa shape index (κ2) is 6.36. The summed E-state index contributed by atoms with van der Waals surface area (Å²) in [7, 11) is 0. The molecule has 0 saturated carbocycles. The molecule has 5 nitrogen and oxygen atoms in total. The molecule has 1 aromatic rings. The van der Waals surface area contributed by atoms with Gasteiger partial charge in [-0.3, -0.25) is 4.79 Å². The van der Waals surface area contributed by atoms with E-state index in [0.29, 0.717) is 25.1 Å². The van der Waals surface area contributed by atoms with Gasteiger partial charge in [0.25, 0.3) is 0 Å². The minimum atomic E-state index is -0.963. The van der Waals surface area contributed by atoms with Crippen molar-refractivity contribution >= 4 is 11.9 Å². The molecule has 1 N–H and O–H groups in total. The van der Waals surface area contributed by atoms with Crippen LogP contribution in [0.15, 0.2) is 24.3 Å². The summed E-state index contributed by atoms with van der Waals surface area (Å²) in [5.41, 5.74) is 0. The SMILES string of the molecule is O=C(O)[C@H]1CCCN1C(=O)CCOc1ccc(F)cc1. The van der Waals surface area contributed by atoms with Gasteiger partial charge in [0.15, 0.2) is 0 Å². The number of aliphatic carboxylic acids is 1. The lowest BCUT2D eigenvalue weighted by Crippen LogP contribution is -2.40. The fourth-order valence-corrected chi connectivity index (χ4v) is 2.25. The Bertz CT molecular complexity index is 488. The van der Waals surface area contributed by atoms with E-state index < -0.39 is 12.0 Å². The number of carboxylic acid groups (broad SMARTS) is 1. The van der Waals surface area contributed by atoms with Crippen LogP contribution in [0.1, 0.15) is 19.3 Å². The van der Waals surface area contributed by atoms with Gasteiger partial charge >= 0.3 is 5.97 Å². The van der Waals surface area contributed by atoms with Gasteiger partial charge in [-0.2, -0.15) is 0 Å². The van der Waals surface area contributed by atoms with Crippen molar-refractivity contribution in [2.75, 3.05) is 13.2 Å². The topological polar surface area (TPSA) is 66.8 Å². The average Bonchev–Trinajstić information content (AvgIpc) is 2.90. The molecule has 1 fully saturated rings. The van der Waals surface area contributed by atoms with Crippen LogP contribution in [0.3, 0.4) is 0 Å². The monoisotopic (exact) mass is 281 g/mol. The molecule has 1 saturated heterocycles. The predicted molar refractivity (Wildman–Crippen MR) is 68.9 cm³/mol. The third-order valence-electron chi connectivity index (χ3n) is 3.26. The third kappa shape index (κ3) is 3.46. The van der Waals surface area contributed by atoms with Crippen molar-refractivity contribution in [3.8, 4) is 5.75 Å². The van der Waals surface area contributed by atoms with Crippen LogP contribution in [0.4, 0.5) is 4.39 Å². The lowest BCUT2D eigenvalue weighted by molar-refractivity contribution is -0.148. The highest BCUT2D eigenvalue weighted by molar-refractivity contribution is 5.84. The molecule has 1 aromatic carbocycles. The van der Waals surface area contributed by atoms with Gasteiger partial charge in [-0.15, -0.1) is 0 Å². The molecule has 6 heteroatoms. The lowest BCUT2D eigenvalue weighted by atomic mass is 10.2. The molecule has 0 aliphatic carbocycles. The first-order valence-electron chi connectivity index (χ1n) is 6.48. The van der Waals surface area contributed by atoms with Crippen LogP contribution < -0.4 is 4.74 Å². The zero-order chi connectivity index (χ0) is 14.5. The van der Waals surface area contributed by atoms with E-state index >= 15 is 0 Å². The number of halogens is 1. The second-order valence-corrected chi connectivity index (χ2v) is 4.64. The Morgan fingerprint density at radius 1 is 1.35 bits per heavy atom. The zero-order valence-electron chi connectivity index (χ0n) is 10.9. The Morgan fingerprint density at radius 3 is 2.70 bits per heavy atom. The van der Waals surface area contributed by atoms with Crippen LogP contribution in [0.5, 0.6) is 5.75 Å². The molecule has 108 valence electrons. The number of carbonyl (C=O) groups is 2. The Kier molecular flexibility index (Phi) is 4.55. The van der Waals surface area contributed by atoms with E-state index in [2.05, 4.69) is 0 Å². The number of benzene rings is 1. The highest BCUT2D eigenvalue weighted by Gasteiger charge is 2.33. The fourth-order valence-electron chi connectivity index (χ4n) is 2.25. The highest BCUT2D eigenvalue weighted by Crippen LogP contribution is 2.18. The standard InChI is InChI=1S/C14H16FNO4/c15-10-3-5-11(6-4-10)20-9-7-13(17)16-8-1-2-12(16)14(18)19/h3-6,12H,1-2,7-9H2,(H,18,19)/t12-/m1/s1. The molecule has 0 unspecified atom stereocenters. The van der Waals surface area contributed by atoms with Crippen LogP contribution in [0, 0.1) is 5.82 Å². The number of carbonyl (C=O) groups excluding carboxylic acids is 1. The summed E-state index contributed by atoms with van der Waals surface area (Å²) in [5.74, 6) is -1.06. The molecule has 1 atom stereocenters. The van der Waals surface area contributed by atoms with Gasteiger partial charge in [0, 0.05) is 6.54 Å². The molecule has 0 aromatic heterocycles. The van der Waals surface area contributed by atoms with Crippen molar-refractivity contribution in [1.82, 2.24) is 4.90 Å². The van der Waals surface area contributed by atoms with Gasteiger partial charge in [0.05, 0.1) is 13.0 Å². The van der Waals surface area contributed by atoms with Crippen LogP contribution >= 0.6 is 0 Å². The molecule has 2 rings (SSSR count). The summed E-state index contributed by atoms with van der Waals surface area (Å²) >= 11 is 0. The van der Waals surface area contributed by atoms with Gasteiger partial charge in [-0.25, -0.2) is 9.18 Å². The van der Waals surface area contributed by atoms with Crippen molar-refractivity contribution < 1.29 is 23.8 Å². The van der Waals surface area contributed by atoms with Crippen molar-refractivity contribution in [3.05, 3.63) is 30.1 Å². The fraction of sp³-hybridized carbons (Fsp3) is 0.429. The van der Waals surface area contributed by atoms with Gasteiger partial charge < -0.3 is 14.7 Å². The van der Waals surface area contributed by atoms with E-state index in [0.717, 1.165) is 0 Å². The molecule has 0 spiro atoms. The maximum atomic E-state index is 12.7. The minimum absolute atomic E-state index is 0.112. The summed E-state index contributed by atoms with van der Waals surface area (Å²) in [6, 6.07) is 4.80. The average molecular weight is 281 g/mol. The van der Waals surface area contributed by atoms with E-state index in [-0.39, 0.29) is 24.8 Å². The van der Waals surface area contributed by atoms with Crippen molar-refractivity contribution in [2.24, 2.45) is 0 Å². The predicted octanol–water partition coefficient (Wildman–Crippen LogP) is 1.67. The smallest absolute Gasteiger partial charge is 0.326 e. The first-order chi connectivity index (χ1) is 9.58. The Morgan fingerprint density at radius 2 is 2.05 bits per heavy atom. The maximum Gasteiger partial charge on any atom is 0.326 e. The molecular weight excluding hydrogens is 265 g/mol. The summed E-state index contributed by atoms with van der Waals surface area (Å²) in [5, 5.41) is 9.00. The van der Waals surface area contributed by atoms with E-state index in [1.807, 2.05) is 0 Å². The summed E-state index contributed by atoms with van der Waals surface area (Å²) in [4.78, 5) is 24.3. The Labute approximate surface area is 116 Å². The number of likely N-dealkylation sites (tertiary alicyclic amines) is 1. The minimum Gasteiger partial charge on any atom is -0.493 e. The number of hydrogen-bond acceptors (Lipinski definition) is 3. The first-order valence-corrected chi connectivity index (χ1v) is 6.48. The second-order valence-electron chi connectivity index (χ2n) is 4.64. The van der Waals surface area contributed by atoms with Crippen molar-refractivity contribution in [2.45, 2.75) is 25.3 Å². The zero-order valence-corrected chi connectivity index (χ0v) is 10.9. The van der Waals surface area contributed by atoms with E-state index in [9.17, 15) is 14.0 Å².